The van der Waals surface area contributed by atoms with Gasteiger partial charge in [-0.15, -0.1) is 6.58 Å². The van der Waals surface area contributed by atoms with Gasteiger partial charge in [0.1, 0.15) is 0 Å². The Bertz CT molecular complexity index is 131. The molecule has 0 fully saturated rings. The van der Waals surface area contributed by atoms with E-state index in [9.17, 15) is 0 Å². The van der Waals surface area contributed by atoms with Crippen molar-refractivity contribution in [3.8, 4) is 0 Å². The fourth-order valence-electron chi connectivity index (χ4n) is 1.68. The van der Waals surface area contributed by atoms with Crippen LogP contribution in [0.15, 0.2) is 12.7 Å². The van der Waals surface area contributed by atoms with E-state index in [1.54, 1.807) is 0 Å². The molecule has 0 radical (unpaired) electrons. The second kappa shape index (κ2) is 5.36. The van der Waals surface area contributed by atoms with E-state index in [2.05, 4.69) is 39.3 Å². The van der Waals surface area contributed by atoms with Crippen LogP contribution < -0.4 is 0 Å². The van der Waals surface area contributed by atoms with Crippen molar-refractivity contribution in [1.82, 2.24) is 4.90 Å². The first-order valence-electron chi connectivity index (χ1n) is 4.92. The molecule has 1 heteroatoms. The molecule has 1 nitrogen and oxygen atoms in total. The highest BCUT2D eigenvalue weighted by Crippen LogP contribution is 2.23. The quantitative estimate of drug-likeness (QED) is 0.552. The predicted octanol–water partition coefficient (Wildman–Crippen LogP) is 3.07. The van der Waals surface area contributed by atoms with E-state index in [-0.39, 0.29) is 0 Å². The maximum Gasteiger partial charge on any atom is 0.0212 e. The molecule has 0 aliphatic heterocycles. The topological polar surface area (TPSA) is 3.24 Å². The van der Waals surface area contributed by atoms with Crippen LogP contribution in [0.4, 0.5) is 0 Å². The lowest BCUT2D eigenvalue weighted by Crippen LogP contribution is -2.43. The van der Waals surface area contributed by atoms with E-state index >= 15 is 0 Å². The fourth-order valence-corrected chi connectivity index (χ4v) is 1.68. The maximum absolute atomic E-state index is 3.82. The normalized spacial score (nSPS) is 16.1. The number of hydrogen-bond donors (Lipinski definition) is 0. The van der Waals surface area contributed by atoms with Gasteiger partial charge in [0.25, 0.3) is 0 Å². The molecule has 0 N–H and O–H groups in total. The molecule has 0 aromatic heterocycles. The summed E-state index contributed by atoms with van der Waals surface area (Å²) in [5.41, 5.74) is 0.325. The van der Waals surface area contributed by atoms with E-state index in [1.165, 1.54) is 12.8 Å². The number of rotatable bonds is 6. The van der Waals surface area contributed by atoms with Crippen LogP contribution in [0.3, 0.4) is 0 Å². The van der Waals surface area contributed by atoms with E-state index in [0.29, 0.717) is 5.54 Å². The molecular weight excluding hydrogens is 146 g/mol. The third-order valence-electron chi connectivity index (χ3n) is 2.77. The number of hydrogen-bond acceptors (Lipinski definition) is 1. The maximum atomic E-state index is 3.82. The Morgan fingerprint density at radius 1 is 1.42 bits per heavy atom. The van der Waals surface area contributed by atoms with E-state index in [4.69, 9.17) is 0 Å². The van der Waals surface area contributed by atoms with Crippen LogP contribution in [0.25, 0.3) is 0 Å². The lowest BCUT2D eigenvalue weighted by Gasteiger charge is -2.37. The van der Waals surface area contributed by atoms with Gasteiger partial charge in [-0.05, 0) is 33.4 Å². The van der Waals surface area contributed by atoms with Gasteiger partial charge in [-0.1, -0.05) is 26.3 Å². The molecule has 1 atom stereocenters. The van der Waals surface area contributed by atoms with Gasteiger partial charge in [0, 0.05) is 5.54 Å². The Morgan fingerprint density at radius 2 is 2.00 bits per heavy atom. The standard InChI is InChI=1S/C11H23N/c1-6-9-11(4,10-7-2)12(5)8-3/h6H,1,7-10H2,2-5H3. The van der Waals surface area contributed by atoms with Gasteiger partial charge < -0.3 is 4.90 Å². The molecule has 0 bridgehead atoms. The highest BCUT2D eigenvalue weighted by Gasteiger charge is 2.25. The molecule has 0 saturated heterocycles. The van der Waals surface area contributed by atoms with Crippen LogP contribution in [-0.4, -0.2) is 24.0 Å². The zero-order chi connectivity index (χ0) is 9.61. The van der Waals surface area contributed by atoms with Crippen molar-refractivity contribution in [1.29, 1.82) is 0 Å². The van der Waals surface area contributed by atoms with Crippen molar-refractivity contribution < 1.29 is 0 Å². The molecule has 0 aromatic carbocycles. The highest BCUT2D eigenvalue weighted by molar-refractivity contribution is 4.90. The summed E-state index contributed by atoms with van der Waals surface area (Å²) < 4.78 is 0. The minimum absolute atomic E-state index is 0.325. The first-order valence-corrected chi connectivity index (χ1v) is 4.92. The Morgan fingerprint density at radius 3 is 2.33 bits per heavy atom. The second-order valence-corrected chi connectivity index (χ2v) is 3.75. The van der Waals surface area contributed by atoms with Crippen molar-refractivity contribution in [2.45, 2.75) is 45.6 Å². The molecule has 0 amide bonds. The van der Waals surface area contributed by atoms with Crippen LogP contribution in [0.5, 0.6) is 0 Å². The van der Waals surface area contributed by atoms with Crippen LogP contribution in [0.2, 0.25) is 0 Å². The van der Waals surface area contributed by atoms with Crippen LogP contribution >= 0.6 is 0 Å². The molecular formula is C11H23N. The molecule has 12 heavy (non-hydrogen) atoms. The van der Waals surface area contributed by atoms with Crippen molar-refractivity contribution in [3.63, 3.8) is 0 Å². The molecule has 0 rings (SSSR count). The summed E-state index contributed by atoms with van der Waals surface area (Å²) in [6.45, 7) is 11.7. The van der Waals surface area contributed by atoms with Gasteiger partial charge in [-0.25, -0.2) is 0 Å². The third kappa shape index (κ3) is 2.98. The van der Waals surface area contributed by atoms with Crippen molar-refractivity contribution in [2.24, 2.45) is 0 Å². The molecule has 0 heterocycles. The van der Waals surface area contributed by atoms with Gasteiger partial charge in [-0.3, -0.25) is 0 Å². The predicted molar refractivity (Wildman–Crippen MR) is 56.4 cm³/mol. The van der Waals surface area contributed by atoms with Gasteiger partial charge in [0.15, 0.2) is 0 Å². The zero-order valence-electron chi connectivity index (χ0n) is 9.06. The lowest BCUT2D eigenvalue weighted by molar-refractivity contribution is 0.135. The summed E-state index contributed by atoms with van der Waals surface area (Å²) in [6.07, 6.45) is 5.62. The van der Waals surface area contributed by atoms with Crippen LogP contribution in [0, 0.1) is 0 Å². The molecule has 1 unspecified atom stereocenters. The monoisotopic (exact) mass is 169 g/mol. The second-order valence-electron chi connectivity index (χ2n) is 3.75. The van der Waals surface area contributed by atoms with Gasteiger partial charge >= 0.3 is 0 Å². The summed E-state index contributed by atoms with van der Waals surface area (Å²) in [6, 6.07) is 0. The van der Waals surface area contributed by atoms with E-state index < -0.39 is 0 Å². The number of nitrogens with zero attached hydrogens (tertiary/aromatic N) is 1. The van der Waals surface area contributed by atoms with Gasteiger partial charge in [0.05, 0.1) is 0 Å². The van der Waals surface area contributed by atoms with E-state index in [1.807, 2.05) is 6.08 Å². The van der Waals surface area contributed by atoms with Crippen LogP contribution in [0.1, 0.15) is 40.0 Å². The largest absolute Gasteiger partial charge is 0.301 e. The van der Waals surface area contributed by atoms with Gasteiger partial charge in [-0.2, -0.15) is 0 Å². The Balaban J connectivity index is 4.25. The summed E-state index contributed by atoms with van der Waals surface area (Å²) in [5, 5.41) is 0. The Labute approximate surface area is 77.5 Å². The smallest absolute Gasteiger partial charge is 0.0212 e. The fraction of sp³-hybridized carbons (Fsp3) is 0.818. The first kappa shape index (κ1) is 11.7. The molecule has 0 saturated carbocycles. The minimum Gasteiger partial charge on any atom is -0.301 e. The van der Waals surface area contributed by atoms with E-state index in [0.717, 1.165) is 13.0 Å². The Hall–Kier alpha value is -0.300. The minimum atomic E-state index is 0.325. The molecule has 0 aliphatic rings. The summed E-state index contributed by atoms with van der Waals surface area (Å²) in [5.74, 6) is 0. The summed E-state index contributed by atoms with van der Waals surface area (Å²) >= 11 is 0. The average Bonchev–Trinajstić information content (AvgIpc) is 2.04. The van der Waals surface area contributed by atoms with Crippen molar-refractivity contribution in [3.05, 3.63) is 12.7 Å². The summed E-state index contributed by atoms with van der Waals surface area (Å²) in [4.78, 5) is 2.41. The SMILES string of the molecule is C=CCC(C)(CCC)N(C)CC. The zero-order valence-corrected chi connectivity index (χ0v) is 9.06. The highest BCUT2D eigenvalue weighted by atomic mass is 15.2. The molecule has 72 valence electrons. The first-order chi connectivity index (χ1) is 5.60. The van der Waals surface area contributed by atoms with Crippen molar-refractivity contribution >= 4 is 0 Å². The average molecular weight is 169 g/mol. The molecule has 0 spiro atoms. The van der Waals surface area contributed by atoms with Crippen molar-refractivity contribution in [2.75, 3.05) is 13.6 Å². The third-order valence-corrected chi connectivity index (χ3v) is 2.77. The van der Waals surface area contributed by atoms with Gasteiger partial charge in [0.2, 0.25) is 0 Å². The Kier molecular flexibility index (Phi) is 5.23. The molecule has 0 aromatic rings. The van der Waals surface area contributed by atoms with Crippen LogP contribution in [-0.2, 0) is 0 Å². The lowest BCUT2D eigenvalue weighted by atomic mass is 9.90. The molecule has 0 aliphatic carbocycles. The summed E-state index contributed by atoms with van der Waals surface area (Å²) in [7, 11) is 2.19.